The van der Waals surface area contributed by atoms with Gasteiger partial charge in [-0.3, -0.25) is 0 Å². The summed E-state index contributed by atoms with van der Waals surface area (Å²) in [5.41, 5.74) is 2.80. The molecule has 0 bridgehead atoms. The number of thiazole rings is 1. The van der Waals surface area contributed by atoms with Gasteiger partial charge >= 0.3 is 0 Å². The summed E-state index contributed by atoms with van der Waals surface area (Å²) in [5.74, 6) is 1.46. The van der Waals surface area contributed by atoms with E-state index in [0.717, 1.165) is 60.1 Å². The number of nitrogens with zero attached hydrogens (tertiary/aromatic N) is 6. The lowest BCUT2D eigenvalue weighted by Crippen LogP contribution is -2.35. The van der Waals surface area contributed by atoms with Crippen molar-refractivity contribution >= 4 is 43.7 Å². The minimum atomic E-state index is 0.629. The summed E-state index contributed by atoms with van der Waals surface area (Å²) in [6.07, 6.45) is 5.68. The van der Waals surface area contributed by atoms with E-state index in [4.69, 9.17) is 4.98 Å². The van der Waals surface area contributed by atoms with Crippen molar-refractivity contribution in [3.63, 3.8) is 0 Å². The van der Waals surface area contributed by atoms with Crippen LogP contribution >= 0.6 is 11.3 Å². The first kappa shape index (κ1) is 16.4. The van der Waals surface area contributed by atoms with E-state index >= 15 is 0 Å². The van der Waals surface area contributed by atoms with E-state index in [-0.39, 0.29) is 0 Å². The van der Waals surface area contributed by atoms with Gasteiger partial charge < -0.3 is 14.8 Å². The van der Waals surface area contributed by atoms with Crippen molar-refractivity contribution in [2.75, 3.05) is 29.9 Å². The molecule has 0 saturated carbocycles. The molecule has 0 atom stereocenters. The van der Waals surface area contributed by atoms with E-state index < -0.39 is 0 Å². The fraction of sp³-hybridized carbons (Fsp3) is 0.368. The Kier molecular flexibility index (Phi) is 4.12. The molecule has 4 heterocycles. The number of hydrogen-bond donors (Lipinski definition) is 1. The highest BCUT2D eigenvalue weighted by Gasteiger charge is 2.22. The molecule has 1 fully saturated rings. The van der Waals surface area contributed by atoms with Crippen LogP contribution in [0.1, 0.15) is 12.8 Å². The number of benzene rings is 1. The topological polar surface area (TPSA) is 71.8 Å². The van der Waals surface area contributed by atoms with Crippen LogP contribution < -0.4 is 10.2 Å². The van der Waals surface area contributed by atoms with Gasteiger partial charge in [0.25, 0.3) is 0 Å². The van der Waals surface area contributed by atoms with Gasteiger partial charge in [0, 0.05) is 26.7 Å². The Bertz CT molecular complexity index is 1040. The average Bonchev–Trinajstić information content (AvgIpc) is 3.31. The van der Waals surface area contributed by atoms with Gasteiger partial charge in [-0.1, -0.05) is 23.5 Å². The second-order valence-electron chi connectivity index (χ2n) is 7.03. The van der Waals surface area contributed by atoms with Crippen LogP contribution in [0, 0.1) is 5.92 Å². The van der Waals surface area contributed by atoms with Crippen LogP contribution in [0.15, 0.2) is 36.9 Å². The molecule has 1 aliphatic rings. The van der Waals surface area contributed by atoms with Crippen LogP contribution in [-0.2, 0) is 7.05 Å². The second-order valence-corrected chi connectivity index (χ2v) is 8.03. The van der Waals surface area contributed by atoms with E-state index in [9.17, 15) is 0 Å². The van der Waals surface area contributed by atoms with Gasteiger partial charge in [-0.25, -0.2) is 19.9 Å². The minimum Gasteiger partial charge on any atom is -0.368 e. The molecule has 3 aromatic heterocycles. The van der Waals surface area contributed by atoms with Crippen molar-refractivity contribution in [3.8, 4) is 0 Å². The Labute approximate surface area is 161 Å². The molecule has 1 saturated heterocycles. The smallest absolute Gasteiger partial charge is 0.186 e. The summed E-state index contributed by atoms with van der Waals surface area (Å²) < 4.78 is 3.18. The van der Waals surface area contributed by atoms with Crippen molar-refractivity contribution in [3.05, 3.63) is 36.9 Å². The molecule has 138 valence electrons. The molecular weight excluding hydrogens is 358 g/mol. The highest BCUT2D eigenvalue weighted by Crippen LogP contribution is 2.31. The lowest BCUT2D eigenvalue weighted by Gasteiger charge is -2.31. The number of piperidine rings is 1. The van der Waals surface area contributed by atoms with Crippen LogP contribution in [0.5, 0.6) is 0 Å². The lowest BCUT2D eigenvalue weighted by molar-refractivity contribution is 0.423. The highest BCUT2D eigenvalue weighted by atomic mass is 32.1. The number of anilines is 2. The third-order valence-corrected chi connectivity index (χ3v) is 6.32. The van der Waals surface area contributed by atoms with Crippen LogP contribution in [0.3, 0.4) is 0 Å². The molecule has 1 aromatic carbocycles. The normalized spacial score (nSPS) is 15.7. The molecule has 7 nitrogen and oxygen atoms in total. The molecule has 1 N–H and O–H groups in total. The van der Waals surface area contributed by atoms with Crippen molar-refractivity contribution < 1.29 is 0 Å². The van der Waals surface area contributed by atoms with Crippen molar-refractivity contribution in [2.24, 2.45) is 13.0 Å². The van der Waals surface area contributed by atoms with Crippen molar-refractivity contribution in [1.29, 1.82) is 0 Å². The van der Waals surface area contributed by atoms with Gasteiger partial charge in [0.15, 0.2) is 16.6 Å². The summed E-state index contributed by atoms with van der Waals surface area (Å²) in [4.78, 5) is 20.3. The number of fused-ring (bicyclic) bond motifs is 2. The monoisotopic (exact) mass is 379 g/mol. The molecule has 0 unspecified atom stereocenters. The number of rotatable bonds is 4. The number of hydrogen-bond acceptors (Lipinski definition) is 7. The number of aryl methyl sites for hydroxylation is 1. The lowest BCUT2D eigenvalue weighted by atomic mass is 9.97. The molecule has 0 radical (unpaired) electrons. The van der Waals surface area contributed by atoms with Crippen molar-refractivity contribution in [2.45, 2.75) is 12.8 Å². The van der Waals surface area contributed by atoms with Crippen LogP contribution in [-0.4, -0.2) is 44.1 Å². The van der Waals surface area contributed by atoms with E-state index in [2.05, 4.69) is 49.4 Å². The summed E-state index contributed by atoms with van der Waals surface area (Å²) >= 11 is 1.79. The molecule has 0 spiro atoms. The zero-order valence-electron chi connectivity index (χ0n) is 15.2. The predicted molar refractivity (Wildman–Crippen MR) is 109 cm³/mol. The maximum Gasteiger partial charge on any atom is 0.186 e. The Morgan fingerprint density at radius 3 is 2.85 bits per heavy atom. The first-order chi connectivity index (χ1) is 13.3. The maximum atomic E-state index is 4.79. The zero-order valence-corrected chi connectivity index (χ0v) is 16.0. The van der Waals surface area contributed by atoms with Gasteiger partial charge in [0.05, 0.1) is 16.5 Å². The quantitative estimate of drug-likeness (QED) is 0.587. The van der Waals surface area contributed by atoms with Gasteiger partial charge in [-0.15, -0.1) is 0 Å². The SMILES string of the molecule is Cn1cnc2c(NCC3CCN(c4nc5ccccc5s4)CC3)ncnc21. The minimum absolute atomic E-state index is 0.629. The third-order valence-electron chi connectivity index (χ3n) is 5.22. The summed E-state index contributed by atoms with van der Waals surface area (Å²) in [7, 11) is 1.95. The van der Waals surface area contributed by atoms with Crippen LogP contribution in [0.2, 0.25) is 0 Å². The van der Waals surface area contributed by atoms with E-state index in [1.165, 1.54) is 4.70 Å². The van der Waals surface area contributed by atoms with E-state index in [0.29, 0.717) is 5.92 Å². The molecule has 5 rings (SSSR count). The Balaban J connectivity index is 1.22. The van der Waals surface area contributed by atoms with Gasteiger partial charge in [-0.05, 0) is 30.9 Å². The Morgan fingerprint density at radius 1 is 1.15 bits per heavy atom. The fourth-order valence-electron chi connectivity index (χ4n) is 3.64. The third kappa shape index (κ3) is 3.10. The number of imidazole rings is 1. The van der Waals surface area contributed by atoms with Crippen LogP contribution in [0.4, 0.5) is 10.9 Å². The first-order valence-electron chi connectivity index (χ1n) is 9.24. The van der Waals surface area contributed by atoms with E-state index in [1.807, 2.05) is 11.6 Å². The molecular formula is C19H21N7S. The summed E-state index contributed by atoms with van der Waals surface area (Å²) in [5, 5.41) is 4.64. The number of aromatic nitrogens is 5. The van der Waals surface area contributed by atoms with Gasteiger partial charge in [-0.2, -0.15) is 0 Å². The summed E-state index contributed by atoms with van der Waals surface area (Å²) in [6.45, 7) is 3.01. The largest absolute Gasteiger partial charge is 0.368 e. The summed E-state index contributed by atoms with van der Waals surface area (Å²) in [6, 6.07) is 8.36. The molecule has 0 amide bonds. The van der Waals surface area contributed by atoms with Crippen LogP contribution in [0.25, 0.3) is 21.4 Å². The first-order valence-corrected chi connectivity index (χ1v) is 10.1. The predicted octanol–water partition coefficient (Wildman–Crippen LogP) is 3.30. The van der Waals surface area contributed by atoms with E-state index in [1.54, 1.807) is 24.0 Å². The van der Waals surface area contributed by atoms with Gasteiger partial charge in [0.1, 0.15) is 11.8 Å². The highest BCUT2D eigenvalue weighted by molar-refractivity contribution is 7.22. The average molecular weight is 379 g/mol. The molecule has 27 heavy (non-hydrogen) atoms. The fourth-order valence-corrected chi connectivity index (χ4v) is 4.66. The molecule has 4 aromatic rings. The maximum absolute atomic E-state index is 4.79. The molecule has 0 aliphatic carbocycles. The molecule has 1 aliphatic heterocycles. The number of para-hydroxylation sites is 1. The van der Waals surface area contributed by atoms with Crippen molar-refractivity contribution in [1.82, 2.24) is 24.5 Å². The molecule has 8 heteroatoms. The number of nitrogens with one attached hydrogen (secondary N) is 1. The second kappa shape index (κ2) is 6.77. The Hall–Kier alpha value is -2.74. The zero-order chi connectivity index (χ0) is 18.2. The van der Waals surface area contributed by atoms with Gasteiger partial charge in [0.2, 0.25) is 0 Å². The Morgan fingerprint density at radius 2 is 2.00 bits per heavy atom. The standard InChI is InChI=1S/C19H21N7S/c1-25-12-23-16-17(21-11-22-18(16)25)20-10-13-6-8-26(9-7-13)19-24-14-4-2-3-5-15(14)27-19/h2-5,11-13H,6-10H2,1H3,(H,20,21,22).